The molecule has 25 heavy (non-hydrogen) atoms. The largest absolute Gasteiger partial charge is 0.270 e. The van der Waals surface area contributed by atoms with E-state index in [2.05, 4.69) is 73.5 Å². The third-order valence-corrected chi connectivity index (χ3v) is 4.39. The molecule has 0 atom stereocenters. The van der Waals surface area contributed by atoms with E-state index in [1.807, 2.05) is 15.8 Å². The van der Waals surface area contributed by atoms with Crippen molar-refractivity contribution in [2.24, 2.45) is 0 Å². The van der Waals surface area contributed by atoms with Crippen LogP contribution in [0.1, 0.15) is 26.3 Å². The molecule has 4 rings (SSSR count). The lowest BCUT2D eigenvalue weighted by molar-refractivity contribution is 0.0528. The van der Waals surface area contributed by atoms with E-state index in [0.717, 1.165) is 34.7 Å². The molecular weight excluding hydrogens is 312 g/mol. The first kappa shape index (κ1) is 15.8. The first-order valence-electron chi connectivity index (χ1n) is 8.74. The van der Waals surface area contributed by atoms with Gasteiger partial charge in [-0.25, -0.2) is 9.75 Å². The van der Waals surface area contributed by atoms with E-state index in [9.17, 15) is 0 Å². The van der Waals surface area contributed by atoms with E-state index >= 15 is 0 Å². The maximum atomic E-state index is 6.16. The van der Waals surface area contributed by atoms with Crippen LogP contribution in [0.5, 0.6) is 0 Å². The Morgan fingerprint density at radius 1 is 1.04 bits per heavy atom. The van der Waals surface area contributed by atoms with Gasteiger partial charge < -0.3 is 0 Å². The average Bonchev–Trinajstić information content (AvgIpc) is 3.03. The predicted octanol–water partition coefficient (Wildman–Crippen LogP) is 4.29. The molecule has 0 saturated carbocycles. The Balaban J connectivity index is 2.02. The monoisotopic (exact) mass is 334 g/mol. The summed E-state index contributed by atoms with van der Waals surface area (Å²) in [5, 5.41) is 10.9. The molecule has 0 radical (unpaired) electrons. The minimum absolute atomic E-state index is 0.0910. The number of nitrogens with zero attached hydrogens (tertiary/aromatic N) is 4. The van der Waals surface area contributed by atoms with Gasteiger partial charge in [-0.2, -0.15) is 0 Å². The molecule has 0 bridgehead atoms. The van der Waals surface area contributed by atoms with Gasteiger partial charge in [-0.1, -0.05) is 47.7 Å². The number of hydroxylamine groups is 1. The van der Waals surface area contributed by atoms with E-state index in [4.69, 9.17) is 4.84 Å². The van der Waals surface area contributed by atoms with Gasteiger partial charge in [-0.05, 0) is 32.4 Å². The predicted molar refractivity (Wildman–Crippen MR) is 99.0 cm³/mol. The van der Waals surface area contributed by atoms with Crippen LogP contribution in [0.15, 0.2) is 48.5 Å². The van der Waals surface area contributed by atoms with Crippen molar-refractivity contribution in [3.63, 3.8) is 0 Å². The van der Waals surface area contributed by atoms with Crippen LogP contribution in [0.4, 0.5) is 5.69 Å². The van der Waals surface area contributed by atoms with Crippen molar-refractivity contribution >= 4 is 5.69 Å². The molecule has 1 aromatic heterocycles. The topological polar surface area (TPSA) is 43.2 Å². The van der Waals surface area contributed by atoms with Crippen molar-refractivity contribution in [1.29, 1.82) is 0 Å². The van der Waals surface area contributed by atoms with Crippen LogP contribution in [0.3, 0.4) is 0 Å². The third-order valence-electron chi connectivity index (χ3n) is 4.39. The van der Waals surface area contributed by atoms with E-state index < -0.39 is 0 Å². The second-order valence-corrected chi connectivity index (χ2v) is 6.47. The Labute approximate surface area is 147 Å². The minimum atomic E-state index is 0.0910. The van der Waals surface area contributed by atoms with Gasteiger partial charge in [-0.3, -0.25) is 4.84 Å². The van der Waals surface area contributed by atoms with E-state index in [1.54, 1.807) is 0 Å². The van der Waals surface area contributed by atoms with Crippen molar-refractivity contribution < 1.29 is 4.84 Å². The second kappa shape index (κ2) is 6.33. The summed E-state index contributed by atoms with van der Waals surface area (Å²) in [6.45, 7) is 7.63. The average molecular weight is 334 g/mol. The molecule has 3 aromatic rings. The molecule has 0 N–H and O–H groups in total. The molecule has 5 nitrogen and oxygen atoms in total. The number of hydrogen-bond acceptors (Lipinski definition) is 4. The number of para-hydroxylation sites is 1. The van der Waals surface area contributed by atoms with E-state index in [0.29, 0.717) is 6.54 Å². The van der Waals surface area contributed by atoms with Crippen LogP contribution in [-0.2, 0) is 17.9 Å². The number of fused-ring (bicyclic) bond motifs is 5. The Bertz CT molecular complexity index is 900. The van der Waals surface area contributed by atoms with Gasteiger partial charge in [0.25, 0.3) is 0 Å². The van der Waals surface area contributed by atoms with Crippen molar-refractivity contribution in [1.82, 2.24) is 15.0 Å². The number of hydrogen-bond donors (Lipinski definition) is 0. The summed E-state index contributed by atoms with van der Waals surface area (Å²) in [4.78, 5) is 6.16. The molecule has 1 aliphatic heterocycles. The summed E-state index contributed by atoms with van der Waals surface area (Å²) in [6, 6.07) is 16.7. The van der Waals surface area contributed by atoms with Crippen LogP contribution in [0.2, 0.25) is 0 Å². The van der Waals surface area contributed by atoms with Crippen LogP contribution in [0, 0.1) is 0 Å². The van der Waals surface area contributed by atoms with Gasteiger partial charge in [0.2, 0.25) is 0 Å². The molecule has 1 aliphatic rings. The summed E-state index contributed by atoms with van der Waals surface area (Å²) in [6.07, 6.45) is 0.0910. The Morgan fingerprint density at radius 3 is 2.52 bits per heavy atom. The Hall–Kier alpha value is -2.66. The van der Waals surface area contributed by atoms with Gasteiger partial charge in [0, 0.05) is 17.7 Å². The van der Waals surface area contributed by atoms with Crippen molar-refractivity contribution in [2.45, 2.75) is 40.0 Å². The van der Waals surface area contributed by atoms with Crippen LogP contribution < -0.4 is 5.06 Å². The zero-order valence-corrected chi connectivity index (χ0v) is 14.8. The molecular formula is C20H22N4O. The highest BCUT2D eigenvalue weighted by Gasteiger charge is 2.26. The van der Waals surface area contributed by atoms with Crippen molar-refractivity contribution in [2.75, 3.05) is 5.06 Å². The number of anilines is 1. The molecule has 128 valence electrons. The van der Waals surface area contributed by atoms with Crippen molar-refractivity contribution in [3.8, 4) is 22.5 Å². The Kier molecular flexibility index (Phi) is 4.01. The van der Waals surface area contributed by atoms with Gasteiger partial charge in [0.05, 0.1) is 24.0 Å². The summed E-state index contributed by atoms with van der Waals surface area (Å²) >= 11 is 0. The number of aromatic nitrogens is 3. The number of rotatable bonds is 3. The summed E-state index contributed by atoms with van der Waals surface area (Å²) in [5.74, 6) is 0. The van der Waals surface area contributed by atoms with Crippen LogP contribution in [-0.4, -0.2) is 21.1 Å². The summed E-state index contributed by atoms with van der Waals surface area (Å²) in [7, 11) is 0. The second-order valence-electron chi connectivity index (χ2n) is 6.47. The summed E-state index contributed by atoms with van der Waals surface area (Å²) < 4.78 is 1.96. The maximum Gasteiger partial charge on any atom is 0.121 e. The maximum absolute atomic E-state index is 6.16. The highest BCUT2D eigenvalue weighted by atomic mass is 16.7. The van der Waals surface area contributed by atoms with Gasteiger partial charge >= 0.3 is 0 Å². The zero-order valence-electron chi connectivity index (χ0n) is 14.8. The highest BCUT2D eigenvalue weighted by Crippen LogP contribution is 2.41. The van der Waals surface area contributed by atoms with Crippen LogP contribution in [0.25, 0.3) is 22.5 Å². The van der Waals surface area contributed by atoms with Gasteiger partial charge in [0.1, 0.15) is 5.69 Å². The molecule has 5 heteroatoms. The zero-order chi connectivity index (χ0) is 17.4. The van der Waals surface area contributed by atoms with Gasteiger partial charge in [0.15, 0.2) is 0 Å². The van der Waals surface area contributed by atoms with E-state index in [-0.39, 0.29) is 6.10 Å². The molecule has 0 aliphatic carbocycles. The fourth-order valence-electron chi connectivity index (χ4n) is 3.35. The standard InChI is InChI=1S/C20H22N4O/c1-4-23-20-17-11-7-8-12-18(17)24(25-14(2)3)13-15-9-5-6-10-16(15)19(20)21-22-23/h5-12,14H,4,13H2,1-3H3. The fourth-order valence-corrected chi connectivity index (χ4v) is 3.35. The lowest BCUT2D eigenvalue weighted by Gasteiger charge is -2.30. The quantitative estimate of drug-likeness (QED) is 0.716. The normalized spacial score (nSPS) is 13.0. The van der Waals surface area contributed by atoms with E-state index in [1.165, 1.54) is 5.56 Å². The van der Waals surface area contributed by atoms with Crippen molar-refractivity contribution in [3.05, 3.63) is 54.1 Å². The van der Waals surface area contributed by atoms with Gasteiger partial charge in [-0.15, -0.1) is 5.10 Å². The first-order chi connectivity index (χ1) is 12.2. The Morgan fingerprint density at radius 2 is 1.76 bits per heavy atom. The molecule has 0 saturated heterocycles. The molecule has 0 fully saturated rings. The molecule has 2 heterocycles. The number of benzene rings is 2. The third kappa shape index (κ3) is 2.70. The fraction of sp³-hybridized carbons (Fsp3) is 0.300. The highest BCUT2D eigenvalue weighted by molar-refractivity contribution is 5.87. The lowest BCUT2D eigenvalue weighted by atomic mass is 9.96. The molecule has 0 unspecified atom stereocenters. The van der Waals surface area contributed by atoms with Crippen LogP contribution >= 0.6 is 0 Å². The number of aryl methyl sites for hydroxylation is 1. The minimum Gasteiger partial charge on any atom is -0.270 e. The summed E-state index contributed by atoms with van der Waals surface area (Å²) in [5.41, 5.74) is 6.42. The molecule has 0 spiro atoms. The SMILES string of the molecule is CCn1nnc2c1-c1ccccc1N(OC(C)C)Cc1ccccc1-2. The molecule has 2 aromatic carbocycles. The smallest absolute Gasteiger partial charge is 0.121 e. The molecule has 0 amide bonds. The lowest BCUT2D eigenvalue weighted by Crippen LogP contribution is -2.28. The first-order valence-corrected chi connectivity index (χ1v) is 8.74.